The molecule has 2 aromatic heterocycles. The van der Waals surface area contributed by atoms with Gasteiger partial charge in [0.1, 0.15) is 11.5 Å². The molecule has 1 saturated heterocycles. The van der Waals surface area contributed by atoms with E-state index >= 15 is 0 Å². The summed E-state index contributed by atoms with van der Waals surface area (Å²) in [6.45, 7) is 2.63. The summed E-state index contributed by atoms with van der Waals surface area (Å²) in [5.74, 6) is -5.12. The van der Waals surface area contributed by atoms with Gasteiger partial charge in [0.25, 0.3) is 11.8 Å². The van der Waals surface area contributed by atoms with Crippen molar-refractivity contribution in [1.29, 1.82) is 0 Å². The molecule has 158 valence electrons. The fraction of sp³-hybridized carbons (Fsp3) is 0.278. The van der Waals surface area contributed by atoms with Gasteiger partial charge in [0.05, 0.1) is 19.0 Å². The lowest BCUT2D eigenvalue weighted by atomic mass is 10.2. The third-order valence-corrected chi connectivity index (χ3v) is 4.13. The Balaban J connectivity index is 1.77. The predicted octanol–water partition coefficient (Wildman–Crippen LogP) is 1.11. The van der Waals surface area contributed by atoms with E-state index in [0.29, 0.717) is 4.57 Å². The number of ether oxygens (including phenoxy) is 2. The van der Waals surface area contributed by atoms with Crippen LogP contribution in [0.4, 0.5) is 14.6 Å². The second-order valence-corrected chi connectivity index (χ2v) is 6.22. The van der Waals surface area contributed by atoms with Crippen molar-refractivity contribution in [2.75, 3.05) is 11.9 Å². The van der Waals surface area contributed by atoms with Crippen LogP contribution in [-0.2, 0) is 9.47 Å². The van der Waals surface area contributed by atoms with Crippen molar-refractivity contribution in [3.63, 3.8) is 0 Å². The molecule has 3 heterocycles. The highest BCUT2D eigenvalue weighted by Gasteiger charge is 2.51. The highest BCUT2D eigenvalue weighted by molar-refractivity contribution is 6.04. The molecular weight excluding hydrogens is 406 g/mol. The van der Waals surface area contributed by atoms with E-state index in [2.05, 4.69) is 26.6 Å². The molecule has 0 spiro atoms. The molecule has 2 aromatic rings. The van der Waals surface area contributed by atoms with Crippen LogP contribution in [0.25, 0.3) is 0 Å². The first-order valence-corrected chi connectivity index (χ1v) is 8.58. The van der Waals surface area contributed by atoms with Gasteiger partial charge in [-0.1, -0.05) is 6.58 Å². The average molecular weight is 422 g/mol. The fourth-order valence-corrected chi connectivity index (χ4v) is 2.78. The maximum Gasteiger partial charge on any atom is 0.361 e. The summed E-state index contributed by atoms with van der Waals surface area (Å²) in [5, 5.41) is 11.3. The van der Waals surface area contributed by atoms with E-state index < -0.39 is 48.8 Å². The summed E-state index contributed by atoms with van der Waals surface area (Å²) in [6.07, 6.45) is -0.642. The maximum absolute atomic E-state index is 14.1. The standard InChI is InChI=1S/C18H16F2N4O6/c1-2-29-15(27)12-7-10(3-5-21-12)14(26)22-13-4-6-24(17(28)23-13)16-18(19,20)8-11(9-25)30-16/h2-7,11,16,25H,1,8-9H2,(H,22,23,26,28)/t11-,16+/m0/s1. The largest absolute Gasteiger partial charge is 0.430 e. The number of hydrogen-bond acceptors (Lipinski definition) is 8. The molecule has 0 unspecified atom stereocenters. The number of carbonyl (C=O) groups is 2. The van der Waals surface area contributed by atoms with Gasteiger partial charge in [0.2, 0.25) is 6.23 Å². The van der Waals surface area contributed by atoms with Crippen molar-refractivity contribution in [3.8, 4) is 0 Å². The summed E-state index contributed by atoms with van der Waals surface area (Å²) in [4.78, 5) is 43.5. The Morgan fingerprint density at radius 2 is 2.23 bits per heavy atom. The van der Waals surface area contributed by atoms with Crippen LogP contribution in [0.3, 0.4) is 0 Å². The van der Waals surface area contributed by atoms with E-state index in [9.17, 15) is 23.2 Å². The third-order valence-electron chi connectivity index (χ3n) is 4.13. The quantitative estimate of drug-likeness (QED) is 0.523. The Kier molecular flexibility index (Phi) is 5.99. The van der Waals surface area contributed by atoms with Crippen LogP contribution in [0.1, 0.15) is 33.5 Å². The predicted molar refractivity (Wildman–Crippen MR) is 96.9 cm³/mol. The first kappa shape index (κ1) is 21.2. The molecule has 0 aromatic carbocycles. The van der Waals surface area contributed by atoms with Gasteiger partial charge in [-0.3, -0.25) is 9.36 Å². The Morgan fingerprint density at radius 1 is 1.47 bits per heavy atom. The molecule has 30 heavy (non-hydrogen) atoms. The number of anilines is 1. The molecule has 2 atom stereocenters. The number of nitrogens with one attached hydrogen (secondary N) is 1. The van der Waals surface area contributed by atoms with Gasteiger partial charge in [0, 0.05) is 24.4 Å². The summed E-state index contributed by atoms with van der Waals surface area (Å²) in [7, 11) is 0. The van der Waals surface area contributed by atoms with Gasteiger partial charge in [-0.25, -0.2) is 23.4 Å². The Bertz CT molecular complexity index is 1040. The van der Waals surface area contributed by atoms with E-state index in [-0.39, 0.29) is 17.1 Å². The number of aromatic nitrogens is 3. The summed E-state index contributed by atoms with van der Waals surface area (Å²) >= 11 is 0. The Labute approximate surface area is 167 Å². The van der Waals surface area contributed by atoms with Crippen LogP contribution in [0, 0.1) is 0 Å². The van der Waals surface area contributed by atoms with Gasteiger partial charge in [-0.15, -0.1) is 0 Å². The number of halogens is 2. The lowest BCUT2D eigenvalue weighted by Gasteiger charge is -2.19. The molecule has 0 radical (unpaired) electrons. The molecule has 10 nitrogen and oxygen atoms in total. The van der Waals surface area contributed by atoms with Gasteiger partial charge < -0.3 is 19.9 Å². The van der Waals surface area contributed by atoms with Gasteiger partial charge in [0.15, 0.2) is 0 Å². The maximum atomic E-state index is 14.1. The molecule has 0 bridgehead atoms. The molecule has 1 amide bonds. The molecule has 0 saturated carbocycles. The smallest absolute Gasteiger partial charge is 0.361 e. The van der Waals surface area contributed by atoms with E-state index in [1.165, 1.54) is 12.3 Å². The second kappa shape index (κ2) is 8.47. The first-order chi connectivity index (χ1) is 14.2. The summed E-state index contributed by atoms with van der Waals surface area (Å²) in [6, 6.07) is 3.60. The lowest BCUT2D eigenvalue weighted by Crippen LogP contribution is -2.35. The van der Waals surface area contributed by atoms with Crippen LogP contribution < -0.4 is 11.0 Å². The number of aliphatic hydroxyl groups is 1. The molecule has 1 aliphatic rings. The number of alkyl halides is 2. The third kappa shape index (κ3) is 4.39. The van der Waals surface area contributed by atoms with E-state index in [0.717, 1.165) is 24.6 Å². The summed E-state index contributed by atoms with van der Waals surface area (Å²) in [5.41, 5.74) is -1.21. The van der Waals surface area contributed by atoms with E-state index in [1.807, 2.05) is 0 Å². The number of hydrogen-bond donors (Lipinski definition) is 2. The Hall–Kier alpha value is -3.51. The van der Waals surface area contributed by atoms with Crippen molar-refractivity contribution >= 4 is 17.7 Å². The highest BCUT2D eigenvalue weighted by atomic mass is 19.3. The molecule has 0 aliphatic carbocycles. The molecular formula is C18H16F2N4O6. The zero-order valence-corrected chi connectivity index (χ0v) is 15.3. The zero-order valence-electron chi connectivity index (χ0n) is 15.3. The zero-order chi connectivity index (χ0) is 21.9. The number of pyridine rings is 1. The second-order valence-electron chi connectivity index (χ2n) is 6.22. The van der Waals surface area contributed by atoms with Crippen molar-refractivity contribution in [2.24, 2.45) is 0 Å². The first-order valence-electron chi connectivity index (χ1n) is 8.58. The normalized spacial score (nSPS) is 19.8. The van der Waals surface area contributed by atoms with Gasteiger partial charge in [-0.05, 0) is 18.2 Å². The van der Waals surface area contributed by atoms with Crippen LogP contribution >= 0.6 is 0 Å². The molecule has 1 fully saturated rings. The molecule has 2 N–H and O–H groups in total. The van der Waals surface area contributed by atoms with Crippen LogP contribution in [0.2, 0.25) is 0 Å². The van der Waals surface area contributed by atoms with Crippen molar-refractivity contribution in [1.82, 2.24) is 14.5 Å². The van der Waals surface area contributed by atoms with Crippen molar-refractivity contribution in [2.45, 2.75) is 24.7 Å². The number of nitrogens with zero attached hydrogens (tertiary/aromatic N) is 3. The average Bonchev–Trinajstić information content (AvgIpc) is 3.02. The minimum atomic E-state index is -3.38. The minimum Gasteiger partial charge on any atom is -0.430 e. The topological polar surface area (TPSA) is 133 Å². The van der Waals surface area contributed by atoms with E-state index in [1.54, 1.807) is 0 Å². The molecule has 12 heteroatoms. The molecule has 1 aliphatic heterocycles. The lowest BCUT2D eigenvalue weighted by molar-refractivity contribution is -0.120. The van der Waals surface area contributed by atoms with Crippen LogP contribution in [0.5, 0.6) is 0 Å². The highest BCUT2D eigenvalue weighted by Crippen LogP contribution is 2.41. The fourth-order valence-electron chi connectivity index (χ4n) is 2.78. The van der Waals surface area contributed by atoms with Gasteiger partial charge in [-0.2, -0.15) is 4.98 Å². The minimum absolute atomic E-state index is 0.0171. The van der Waals surface area contributed by atoms with Gasteiger partial charge >= 0.3 is 11.7 Å². The van der Waals surface area contributed by atoms with Crippen molar-refractivity contribution < 1.29 is 33.0 Å². The Morgan fingerprint density at radius 3 is 2.87 bits per heavy atom. The number of aliphatic hydroxyl groups excluding tert-OH is 1. The summed E-state index contributed by atoms with van der Waals surface area (Å²) < 4.78 is 38.3. The molecule has 3 rings (SSSR count). The number of carbonyl (C=O) groups excluding carboxylic acids is 2. The van der Waals surface area contributed by atoms with Crippen LogP contribution in [-0.4, -0.2) is 50.2 Å². The number of rotatable bonds is 6. The SMILES string of the molecule is C=COC(=O)c1cc(C(=O)Nc2ccn([C@@H]3O[C@H](CO)CC3(F)F)c(=O)n2)ccn1. The monoisotopic (exact) mass is 422 g/mol. The van der Waals surface area contributed by atoms with E-state index in [4.69, 9.17) is 9.84 Å². The van der Waals surface area contributed by atoms with Crippen LogP contribution in [0.15, 0.2) is 48.2 Å². The number of amides is 1. The number of esters is 1. The van der Waals surface area contributed by atoms with Crippen molar-refractivity contribution in [3.05, 3.63) is 65.2 Å².